The zero-order chi connectivity index (χ0) is 21.8. The summed E-state index contributed by atoms with van der Waals surface area (Å²) in [7, 11) is 2.59. The number of methoxy groups -OCH3 is 2. The van der Waals surface area contributed by atoms with Crippen LogP contribution in [0, 0.1) is 0 Å². The molecule has 2 aromatic rings. The van der Waals surface area contributed by atoms with Crippen molar-refractivity contribution in [1.29, 1.82) is 0 Å². The highest BCUT2D eigenvalue weighted by Gasteiger charge is 2.32. The summed E-state index contributed by atoms with van der Waals surface area (Å²) in [6, 6.07) is 7.19. The number of rotatable bonds is 7. The number of hydrogen-bond acceptors (Lipinski definition) is 9. The van der Waals surface area contributed by atoms with E-state index >= 15 is 0 Å². The fourth-order valence-corrected chi connectivity index (χ4v) is 3.00. The van der Waals surface area contributed by atoms with Gasteiger partial charge in [-0.3, -0.25) is 14.4 Å². The highest BCUT2D eigenvalue weighted by molar-refractivity contribution is 5.96. The Bertz CT molecular complexity index is 996. The van der Waals surface area contributed by atoms with Gasteiger partial charge in [-0.15, -0.1) is 0 Å². The van der Waals surface area contributed by atoms with Crippen LogP contribution < -0.4 is 14.2 Å². The molecule has 2 N–H and O–H groups in total. The maximum absolute atomic E-state index is 12.5. The number of Topliss-reactive ketones (excluding diaryl/α,β-unsaturated/α-hetero) is 2. The summed E-state index contributed by atoms with van der Waals surface area (Å²) >= 11 is 0. The molecule has 0 bridgehead atoms. The summed E-state index contributed by atoms with van der Waals surface area (Å²) in [5, 5.41) is 20.2. The van der Waals surface area contributed by atoms with Gasteiger partial charge in [-0.25, -0.2) is 0 Å². The summed E-state index contributed by atoms with van der Waals surface area (Å²) in [5.74, 6) is -1.23. The van der Waals surface area contributed by atoms with Crippen LogP contribution in [0.3, 0.4) is 0 Å². The third kappa shape index (κ3) is 4.45. The van der Waals surface area contributed by atoms with E-state index in [4.69, 9.17) is 14.2 Å². The first-order chi connectivity index (χ1) is 14.3. The molecule has 9 heteroatoms. The first-order valence-corrected chi connectivity index (χ1v) is 8.95. The molecule has 1 heterocycles. The van der Waals surface area contributed by atoms with E-state index < -0.39 is 30.9 Å². The number of ketones is 2. The molecule has 1 atom stereocenters. The highest BCUT2D eigenvalue weighted by atomic mass is 16.5. The monoisotopic (exact) mass is 416 g/mol. The first kappa shape index (κ1) is 21.0. The van der Waals surface area contributed by atoms with Gasteiger partial charge in [0.25, 0.3) is 0 Å². The number of benzene rings is 2. The van der Waals surface area contributed by atoms with Crippen molar-refractivity contribution >= 4 is 17.5 Å². The van der Waals surface area contributed by atoms with Crippen molar-refractivity contribution in [2.24, 2.45) is 0 Å². The number of hydrogen-bond donors (Lipinski definition) is 2. The molecular weight excluding hydrogens is 396 g/mol. The van der Waals surface area contributed by atoms with Crippen LogP contribution in [0.25, 0.3) is 0 Å². The van der Waals surface area contributed by atoms with Gasteiger partial charge in [-0.1, -0.05) is 6.07 Å². The quantitative estimate of drug-likeness (QED) is 0.513. The number of fused-ring (bicyclic) bond motifs is 1. The van der Waals surface area contributed by atoms with Gasteiger partial charge in [0, 0.05) is 29.7 Å². The number of carbonyl (C=O) groups is 3. The molecule has 0 spiro atoms. The molecule has 158 valence electrons. The normalized spacial score (nSPS) is 15.0. The van der Waals surface area contributed by atoms with E-state index in [-0.39, 0.29) is 41.0 Å². The zero-order valence-corrected chi connectivity index (χ0v) is 16.3. The van der Waals surface area contributed by atoms with Crippen LogP contribution in [0.1, 0.15) is 23.7 Å². The molecule has 1 unspecified atom stereocenters. The van der Waals surface area contributed by atoms with Crippen molar-refractivity contribution in [1.82, 2.24) is 0 Å². The standard InChI is InChI=1S/C21H20O9/c1-27-18-4-3-11(5-16(18)24)21-17(25)9-14-15(23)7-13(8-19(14)30-21)29-10-12(22)6-20(26)28-2/h3-5,7-8,21,23-24H,6,9-10H2,1-2H3. The minimum atomic E-state index is -0.995. The number of phenols is 2. The summed E-state index contributed by atoms with van der Waals surface area (Å²) in [6.07, 6.45) is -1.51. The molecule has 0 aliphatic carbocycles. The molecule has 2 aromatic carbocycles. The largest absolute Gasteiger partial charge is 0.507 e. The van der Waals surface area contributed by atoms with E-state index in [0.29, 0.717) is 11.1 Å². The topological polar surface area (TPSA) is 129 Å². The van der Waals surface area contributed by atoms with Crippen LogP contribution in [-0.2, 0) is 25.5 Å². The second-order valence-corrected chi connectivity index (χ2v) is 6.57. The van der Waals surface area contributed by atoms with Gasteiger partial charge >= 0.3 is 5.97 Å². The Morgan fingerprint density at radius 3 is 2.57 bits per heavy atom. The Morgan fingerprint density at radius 2 is 1.90 bits per heavy atom. The lowest BCUT2D eigenvalue weighted by Crippen LogP contribution is -2.26. The summed E-state index contributed by atoms with van der Waals surface area (Å²) in [6.45, 7) is -0.401. The molecule has 0 saturated carbocycles. The number of carbonyl (C=O) groups excluding carboxylic acids is 3. The van der Waals surface area contributed by atoms with Gasteiger partial charge in [-0.2, -0.15) is 0 Å². The van der Waals surface area contributed by atoms with E-state index in [2.05, 4.69) is 4.74 Å². The fourth-order valence-electron chi connectivity index (χ4n) is 3.00. The second kappa shape index (κ2) is 8.73. The van der Waals surface area contributed by atoms with Crippen molar-refractivity contribution in [3.05, 3.63) is 41.5 Å². The Kier molecular flexibility index (Phi) is 6.10. The Morgan fingerprint density at radius 1 is 1.13 bits per heavy atom. The molecule has 1 aliphatic heterocycles. The lowest BCUT2D eigenvalue weighted by molar-refractivity contribution is -0.143. The fraction of sp³-hybridized carbons (Fsp3) is 0.286. The minimum Gasteiger partial charge on any atom is -0.507 e. The Hall–Kier alpha value is -3.75. The van der Waals surface area contributed by atoms with Crippen LogP contribution >= 0.6 is 0 Å². The van der Waals surface area contributed by atoms with Crippen LogP contribution in [0.15, 0.2) is 30.3 Å². The van der Waals surface area contributed by atoms with Crippen LogP contribution in [0.2, 0.25) is 0 Å². The van der Waals surface area contributed by atoms with E-state index in [0.717, 1.165) is 0 Å². The maximum Gasteiger partial charge on any atom is 0.313 e. The molecule has 0 radical (unpaired) electrons. The van der Waals surface area contributed by atoms with Gasteiger partial charge in [0.05, 0.1) is 14.2 Å². The first-order valence-electron chi connectivity index (χ1n) is 8.95. The van der Waals surface area contributed by atoms with Crippen LogP contribution in [0.4, 0.5) is 0 Å². The molecule has 0 aromatic heterocycles. The highest BCUT2D eigenvalue weighted by Crippen LogP contribution is 2.41. The summed E-state index contributed by atoms with van der Waals surface area (Å²) in [4.78, 5) is 35.4. The molecule has 0 fully saturated rings. The molecule has 0 amide bonds. The van der Waals surface area contributed by atoms with Gasteiger partial charge < -0.3 is 29.2 Å². The SMILES string of the molecule is COC(=O)CC(=O)COc1cc(O)c2c(c1)OC(c1ccc(OC)c(O)c1)C(=O)C2. The third-order valence-electron chi connectivity index (χ3n) is 4.52. The second-order valence-electron chi connectivity index (χ2n) is 6.57. The molecule has 0 saturated heterocycles. The van der Waals surface area contributed by atoms with Crippen molar-refractivity contribution in [2.45, 2.75) is 18.9 Å². The number of esters is 1. The van der Waals surface area contributed by atoms with E-state index in [1.165, 1.54) is 38.5 Å². The van der Waals surface area contributed by atoms with Gasteiger partial charge in [-0.05, 0) is 12.1 Å². The van der Waals surface area contributed by atoms with Crippen LogP contribution in [-0.4, -0.2) is 48.6 Å². The third-order valence-corrected chi connectivity index (χ3v) is 4.52. The number of phenolic OH excluding ortho intramolecular Hbond substituents is 2. The van der Waals surface area contributed by atoms with Crippen molar-refractivity contribution < 1.29 is 43.5 Å². The predicted octanol–water partition coefficient (Wildman–Crippen LogP) is 1.86. The Balaban J connectivity index is 1.79. The molecular formula is C21H20O9. The summed E-state index contributed by atoms with van der Waals surface area (Å²) < 4.78 is 20.5. The average molecular weight is 416 g/mol. The smallest absolute Gasteiger partial charge is 0.313 e. The van der Waals surface area contributed by atoms with Crippen molar-refractivity contribution in [2.75, 3.05) is 20.8 Å². The van der Waals surface area contributed by atoms with Gasteiger partial charge in [0.2, 0.25) is 0 Å². The van der Waals surface area contributed by atoms with E-state index in [1.807, 2.05) is 0 Å². The molecule has 1 aliphatic rings. The maximum atomic E-state index is 12.5. The van der Waals surface area contributed by atoms with Crippen LogP contribution in [0.5, 0.6) is 28.7 Å². The Labute approximate surface area is 171 Å². The average Bonchev–Trinajstić information content (AvgIpc) is 2.72. The van der Waals surface area contributed by atoms with E-state index in [9.17, 15) is 24.6 Å². The van der Waals surface area contributed by atoms with Crippen molar-refractivity contribution in [3.8, 4) is 28.7 Å². The minimum absolute atomic E-state index is 0.0832. The molecule has 30 heavy (non-hydrogen) atoms. The van der Waals surface area contributed by atoms with Gasteiger partial charge in [0.15, 0.2) is 29.2 Å². The lowest BCUT2D eigenvalue weighted by Gasteiger charge is -2.26. The zero-order valence-electron chi connectivity index (χ0n) is 16.3. The molecule has 3 rings (SSSR count). The lowest BCUT2D eigenvalue weighted by atomic mass is 9.95. The number of aromatic hydroxyl groups is 2. The predicted molar refractivity (Wildman–Crippen MR) is 102 cm³/mol. The summed E-state index contributed by atoms with van der Waals surface area (Å²) in [5.41, 5.74) is 0.713. The van der Waals surface area contributed by atoms with Gasteiger partial charge in [0.1, 0.15) is 30.3 Å². The van der Waals surface area contributed by atoms with Crippen molar-refractivity contribution in [3.63, 3.8) is 0 Å². The number of ether oxygens (including phenoxy) is 4. The molecule has 9 nitrogen and oxygen atoms in total. The van der Waals surface area contributed by atoms with E-state index in [1.54, 1.807) is 6.07 Å².